The topological polar surface area (TPSA) is 74.7 Å². The minimum atomic E-state index is -0.642. The number of ether oxygens (including phenoxy) is 1. The van der Waals surface area contributed by atoms with Gasteiger partial charge in [0.25, 0.3) is 0 Å². The van der Waals surface area contributed by atoms with Crippen LogP contribution in [0, 0.1) is 5.92 Å². The Labute approximate surface area is 230 Å². The SMILES string of the molecule is O=C(NCCC(c1ccccc1)c1ccccc1)C1CCCN(CC(O)COc2cccc3ncccc23)C1. The first-order valence-corrected chi connectivity index (χ1v) is 13.9. The fourth-order valence-corrected chi connectivity index (χ4v) is 5.55. The second kappa shape index (κ2) is 13.4. The maximum absolute atomic E-state index is 13.1. The van der Waals surface area contributed by atoms with E-state index in [2.05, 4.69) is 63.7 Å². The molecule has 202 valence electrons. The molecule has 0 spiro atoms. The lowest BCUT2D eigenvalue weighted by atomic mass is 9.88. The number of fused-ring (bicyclic) bond motifs is 1. The molecule has 6 nitrogen and oxygen atoms in total. The third-order valence-electron chi connectivity index (χ3n) is 7.52. The summed E-state index contributed by atoms with van der Waals surface area (Å²) in [6, 6.07) is 30.6. The second-order valence-electron chi connectivity index (χ2n) is 10.3. The number of nitrogens with zero attached hydrogens (tertiary/aromatic N) is 2. The molecule has 0 aliphatic carbocycles. The molecule has 1 aromatic heterocycles. The Bertz CT molecular complexity index is 1290. The van der Waals surface area contributed by atoms with Crippen molar-refractivity contribution < 1.29 is 14.6 Å². The van der Waals surface area contributed by atoms with E-state index in [1.165, 1.54) is 11.1 Å². The summed E-state index contributed by atoms with van der Waals surface area (Å²) >= 11 is 0. The number of hydrogen-bond acceptors (Lipinski definition) is 5. The van der Waals surface area contributed by atoms with Crippen molar-refractivity contribution in [1.29, 1.82) is 0 Å². The Morgan fingerprint density at radius 1 is 0.974 bits per heavy atom. The summed E-state index contributed by atoms with van der Waals surface area (Å²) in [5, 5.41) is 14.8. The van der Waals surface area contributed by atoms with Crippen LogP contribution in [-0.4, -0.2) is 59.8 Å². The predicted octanol–water partition coefficient (Wildman–Crippen LogP) is 5.02. The zero-order valence-corrected chi connectivity index (χ0v) is 22.3. The van der Waals surface area contributed by atoms with Gasteiger partial charge >= 0.3 is 0 Å². The van der Waals surface area contributed by atoms with Crippen molar-refractivity contribution in [2.45, 2.75) is 31.3 Å². The number of hydrogen-bond donors (Lipinski definition) is 2. The van der Waals surface area contributed by atoms with Crippen LogP contribution in [0.3, 0.4) is 0 Å². The largest absolute Gasteiger partial charge is 0.490 e. The van der Waals surface area contributed by atoms with E-state index < -0.39 is 6.10 Å². The smallest absolute Gasteiger partial charge is 0.224 e. The standard InChI is InChI=1S/C33H37N3O3/c37-28(24-39-32-17-7-16-31-30(32)15-8-19-34-31)23-36-21-9-14-27(22-36)33(38)35-20-18-29(25-10-3-1-4-11-25)26-12-5-2-6-13-26/h1-8,10-13,15-17,19,27-29,37H,9,14,18,20-24H2,(H,35,38). The number of aliphatic hydroxyl groups is 1. The highest BCUT2D eigenvalue weighted by molar-refractivity contribution is 5.84. The predicted molar refractivity (Wildman–Crippen MR) is 155 cm³/mol. The molecular formula is C33H37N3O3. The summed E-state index contributed by atoms with van der Waals surface area (Å²) in [5.41, 5.74) is 3.39. The Hall–Kier alpha value is -3.74. The molecule has 2 heterocycles. The van der Waals surface area contributed by atoms with Crippen LogP contribution >= 0.6 is 0 Å². The Balaban J connectivity index is 1.10. The molecule has 0 saturated carbocycles. The van der Waals surface area contributed by atoms with Gasteiger partial charge < -0.3 is 15.2 Å². The molecule has 1 aliphatic rings. The molecule has 2 atom stereocenters. The molecule has 0 bridgehead atoms. The molecule has 0 radical (unpaired) electrons. The summed E-state index contributed by atoms with van der Waals surface area (Å²) < 4.78 is 5.95. The lowest BCUT2D eigenvalue weighted by Crippen LogP contribution is -2.46. The Kier molecular flexibility index (Phi) is 9.20. The van der Waals surface area contributed by atoms with Crippen molar-refractivity contribution in [1.82, 2.24) is 15.2 Å². The Morgan fingerprint density at radius 2 is 1.72 bits per heavy atom. The second-order valence-corrected chi connectivity index (χ2v) is 10.3. The van der Waals surface area contributed by atoms with E-state index in [4.69, 9.17) is 4.74 Å². The van der Waals surface area contributed by atoms with E-state index in [0.29, 0.717) is 19.6 Å². The van der Waals surface area contributed by atoms with Crippen LogP contribution < -0.4 is 10.1 Å². The monoisotopic (exact) mass is 523 g/mol. The van der Waals surface area contributed by atoms with E-state index in [9.17, 15) is 9.90 Å². The molecule has 39 heavy (non-hydrogen) atoms. The highest BCUT2D eigenvalue weighted by atomic mass is 16.5. The number of aliphatic hydroxyl groups excluding tert-OH is 1. The number of amides is 1. The van der Waals surface area contributed by atoms with E-state index >= 15 is 0 Å². The Morgan fingerprint density at radius 3 is 2.46 bits per heavy atom. The first kappa shape index (κ1) is 26.9. The lowest BCUT2D eigenvalue weighted by molar-refractivity contribution is -0.127. The number of nitrogens with one attached hydrogen (secondary N) is 1. The third kappa shape index (κ3) is 7.22. The van der Waals surface area contributed by atoms with Crippen molar-refractivity contribution in [2.24, 2.45) is 5.92 Å². The molecule has 2 unspecified atom stereocenters. The van der Waals surface area contributed by atoms with Gasteiger partial charge in [-0.2, -0.15) is 0 Å². The average Bonchev–Trinajstić information content (AvgIpc) is 2.99. The molecular weight excluding hydrogens is 486 g/mol. The number of β-amino-alcohol motifs (C(OH)–C–C–N with tert-alkyl or cyclic N) is 1. The minimum Gasteiger partial charge on any atom is -0.490 e. The molecule has 6 heteroatoms. The van der Waals surface area contributed by atoms with Crippen LogP contribution in [0.2, 0.25) is 0 Å². The zero-order chi connectivity index (χ0) is 26.9. The summed E-state index contributed by atoms with van der Waals surface area (Å²) in [7, 11) is 0. The van der Waals surface area contributed by atoms with E-state index in [0.717, 1.165) is 42.5 Å². The quantitative estimate of drug-likeness (QED) is 0.289. The van der Waals surface area contributed by atoms with Crippen LogP contribution in [0.5, 0.6) is 5.75 Å². The van der Waals surface area contributed by atoms with Gasteiger partial charge in [-0.05, 0) is 61.2 Å². The van der Waals surface area contributed by atoms with Crippen LogP contribution in [0.15, 0.2) is 97.2 Å². The average molecular weight is 524 g/mol. The normalized spacial score (nSPS) is 16.7. The van der Waals surface area contributed by atoms with Gasteiger partial charge in [-0.25, -0.2) is 0 Å². The van der Waals surface area contributed by atoms with Gasteiger partial charge in [-0.15, -0.1) is 0 Å². The van der Waals surface area contributed by atoms with Crippen molar-refractivity contribution >= 4 is 16.8 Å². The number of benzene rings is 3. The molecule has 1 saturated heterocycles. The number of carbonyl (C=O) groups excluding carboxylic acids is 1. The maximum Gasteiger partial charge on any atom is 0.224 e. The number of carbonyl (C=O) groups is 1. The van der Waals surface area contributed by atoms with Crippen LogP contribution in [0.25, 0.3) is 10.9 Å². The summed E-state index contributed by atoms with van der Waals surface area (Å²) in [6.45, 7) is 2.84. The summed E-state index contributed by atoms with van der Waals surface area (Å²) in [4.78, 5) is 19.6. The maximum atomic E-state index is 13.1. The number of pyridine rings is 1. The highest BCUT2D eigenvalue weighted by Gasteiger charge is 2.27. The van der Waals surface area contributed by atoms with E-state index in [1.807, 2.05) is 42.5 Å². The number of likely N-dealkylation sites (tertiary alicyclic amines) is 1. The van der Waals surface area contributed by atoms with Gasteiger partial charge in [0, 0.05) is 37.1 Å². The van der Waals surface area contributed by atoms with Crippen LogP contribution in [0.4, 0.5) is 0 Å². The van der Waals surface area contributed by atoms with Gasteiger partial charge in [-0.3, -0.25) is 14.7 Å². The number of aromatic nitrogens is 1. The molecule has 1 aliphatic heterocycles. The fourth-order valence-electron chi connectivity index (χ4n) is 5.55. The van der Waals surface area contributed by atoms with Gasteiger partial charge in [0.05, 0.1) is 11.4 Å². The molecule has 1 fully saturated rings. The van der Waals surface area contributed by atoms with E-state index in [1.54, 1.807) is 6.20 Å². The van der Waals surface area contributed by atoms with Crippen molar-refractivity contribution in [3.8, 4) is 5.75 Å². The van der Waals surface area contributed by atoms with Gasteiger partial charge in [0.2, 0.25) is 5.91 Å². The van der Waals surface area contributed by atoms with Crippen molar-refractivity contribution in [2.75, 3.05) is 32.8 Å². The molecule has 5 rings (SSSR count). The van der Waals surface area contributed by atoms with Gasteiger partial charge in [0.1, 0.15) is 18.5 Å². The number of rotatable bonds is 11. The summed E-state index contributed by atoms with van der Waals surface area (Å²) in [6.07, 6.45) is 3.78. The fraction of sp³-hybridized carbons (Fsp3) is 0.333. The highest BCUT2D eigenvalue weighted by Crippen LogP contribution is 2.28. The minimum absolute atomic E-state index is 0.0667. The van der Waals surface area contributed by atoms with Crippen LogP contribution in [0.1, 0.15) is 36.3 Å². The lowest BCUT2D eigenvalue weighted by Gasteiger charge is -2.33. The van der Waals surface area contributed by atoms with Gasteiger partial charge in [0.15, 0.2) is 0 Å². The zero-order valence-electron chi connectivity index (χ0n) is 22.3. The first-order chi connectivity index (χ1) is 19.2. The number of piperidine rings is 1. The third-order valence-corrected chi connectivity index (χ3v) is 7.52. The first-order valence-electron chi connectivity index (χ1n) is 13.9. The summed E-state index contributed by atoms with van der Waals surface area (Å²) in [5.74, 6) is 1.000. The van der Waals surface area contributed by atoms with E-state index in [-0.39, 0.29) is 24.3 Å². The molecule has 4 aromatic rings. The van der Waals surface area contributed by atoms with Crippen LogP contribution in [-0.2, 0) is 4.79 Å². The molecule has 2 N–H and O–H groups in total. The molecule has 1 amide bonds. The van der Waals surface area contributed by atoms with Gasteiger partial charge in [-0.1, -0.05) is 66.7 Å². The van der Waals surface area contributed by atoms with Crippen molar-refractivity contribution in [3.63, 3.8) is 0 Å². The van der Waals surface area contributed by atoms with Crippen molar-refractivity contribution in [3.05, 3.63) is 108 Å². The molecule has 3 aromatic carbocycles.